The average molecular weight is 341 g/mol. The lowest BCUT2D eigenvalue weighted by Crippen LogP contribution is -2.07. The number of rotatable bonds is 5. The summed E-state index contributed by atoms with van der Waals surface area (Å²) in [6.07, 6.45) is 0. The van der Waals surface area contributed by atoms with E-state index in [0.29, 0.717) is 11.3 Å². The van der Waals surface area contributed by atoms with Gasteiger partial charge in [0.25, 0.3) is 0 Å². The number of aromatic nitrogens is 2. The minimum atomic E-state index is -0.591. The first kappa shape index (κ1) is 16.4. The fraction of sp³-hybridized carbons (Fsp3) is 0.176. The molecule has 8 nitrogen and oxygen atoms in total. The normalized spacial score (nSPS) is 10.6. The summed E-state index contributed by atoms with van der Waals surface area (Å²) in [5, 5.41) is 11.7. The van der Waals surface area contributed by atoms with E-state index >= 15 is 0 Å². The van der Waals surface area contributed by atoms with E-state index < -0.39 is 10.9 Å². The van der Waals surface area contributed by atoms with Crippen LogP contribution in [0, 0.1) is 10.1 Å². The van der Waals surface area contributed by atoms with Gasteiger partial charge in [-0.1, -0.05) is 12.1 Å². The van der Waals surface area contributed by atoms with Gasteiger partial charge in [0.1, 0.15) is 5.82 Å². The van der Waals surface area contributed by atoms with Crippen molar-refractivity contribution in [1.82, 2.24) is 9.97 Å². The average Bonchev–Trinajstić information content (AvgIpc) is 2.99. The molecule has 0 aliphatic carbocycles. The molecular formula is C17H15N3O5. The van der Waals surface area contributed by atoms with Crippen LogP contribution in [0.1, 0.15) is 13.8 Å². The fourth-order valence-corrected chi connectivity index (χ4v) is 2.52. The summed E-state index contributed by atoms with van der Waals surface area (Å²) in [5.74, 6) is -0.350. The third-order valence-corrected chi connectivity index (χ3v) is 3.46. The van der Waals surface area contributed by atoms with Gasteiger partial charge in [-0.25, -0.2) is 4.98 Å². The Balaban J connectivity index is 2.23. The molecule has 1 heterocycles. The number of para-hydroxylation sites is 2. The van der Waals surface area contributed by atoms with Gasteiger partial charge in [0, 0.05) is 6.92 Å². The van der Waals surface area contributed by atoms with E-state index in [1.54, 1.807) is 13.0 Å². The topological polar surface area (TPSA) is 107 Å². The second kappa shape index (κ2) is 6.60. The molecule has 0 saturated heterocycles. The number of nitrogens with zero attached hydrogens (tertiary/aromatic N) is 2. The van der Waals surface area contributed by atoms with Crippen LogP contribution < -0.4 is 9.47 Å². The number of carbonyl (C=O) groups excluding carboxylic acids is 1. The first-order chi connectivity index (χ1) is 12.0. The van der Waals surface area contributed by atoms with Gasteiger partial charge in [0.15, 0.2) is 5.75 Å². The molecule has 128 valence electrons. The zero-order chi connectivity index (χ0) is 18.0. The Morgan fingerprint density at radius 1 is 1.28 bits per heavy atom. The van der Waals surface area contributed by atoms with Crippen LogP contribution in [-0.4, -0.2) is 27.5 Å². The summed E-state index contributed by atoms with van der Waals surface area (Å²) < 4.78 is 10.4. The summed E-state index contributed by atoms with van der Waals surface area (Å²) in [6, 6.07) is 10.2. The van der Waals surface area contributed by atoms with Crippen LogP contribution in [0.3, 0.4) is 0 Å². The molecule has 0 bridgehead atoms. The summed E-state index contributed by atoms with van der Waals surface area (Å²) in [4.78, 5) is 29.8. The molecule has 3 rings (SSSR count). The summed E-state index contributed by atoms with van der Waals surface area (Å²) in [6.45, 7) is 3.09. The minimum Gasteiger partial charge on any atom is -0.485 e. The van der Waals surface area contributed by atoms with Gasteiger partial charge in [-0.3, -0.25) is 14.9 Å². The Morgan fingerprint density at radius 3 is 2.68 bits per heavy atom. The second-order valence-corrected chi connectivity index (χ2v) is 5.18. The molecule has 0 spiro atoms. The fourth-order valence-electron chi connectivity index (χ4n) is 2.52. The molecule has 0 unspecified atom stereocenters. The van der Waals surface area contributed by atoms with Crippen molar-refractivity contribution in [2.75, 3.05) is 6.61 Å². The lowest BCUT2D eigenvalue weighted by atomic mass is 10.1. The first-order valence-electron chi connectivity index (χ1n) is 7.59. The Labute approximate surface area is 142 Å². The molecule has 0 amide bonds. The van der Waals surface area contributed by atoms with Crippen LogP contribution in [-0.2, 0) is 4.79 Å². The number of nitro benzene ring substituents is 1. The molecule has 0 atom stereocenters. The van der Waals surface area contributed by atoms with E-state index in [4.69, 9.17) is 9.47 Å². The van der Waals surface area contributed by atoms with Crippen molar-refractivity contribution in [1.29, 1.82) is 0 Å². The minimum absolute atomic E-state index is 0.000844. The lowest BCUT2D eigenvalue weighted by Gasteiger charge is -2.11. The zero-order valence-corrected chi connectivity index (χ0v) is 13.6. The maximum atomic E-state index is 11.7. The van der Waals surface area contributed by atoms with E-state index in [1.807, 2.05) is 18.2 Å². The van der Waals surface area contributed by atoms with Crippen LogP contribution in [0.4, 0.5) is 5.69 Å². The molecule has 0 fully saturated rings. The number of carbonyl (C=O) groups is 1. The van der Waals surface area contributed by atoms with E-state index in [1.165, 1.54) is 19.1 Å². The van der Waals surface area contributed by atoms with Crippen molar-refractivity contribution in [2.24, 2.45) is 0 Å². The molecule has 1 N–H and O–H groups in total. The van der Waals surface area contributed by atoms with Crippen LogP contribution in [0.2, 0.25) is 0 Å². The number of esters is 1. The maximum absolute atomic E-state index is 11.7. The zero-order valence-electron chi connectivity index (χ0n) is 13.6. The number of hydrogen-bond donors (Lipinski definition) is 1. The molecule has 2 aromatic carbocycles. The van der Waals surface area contributed by atoms with Crippen LogP contribution in [0.25, 0.3) is 22.4 Å². The molecule has 1 aromatic heterocycles. The monoisotopic (exact) mass is 341 g/mol. The highest BCUT2D eigenvalue weighted by molar-refractivity contribution is 5.84. The van der Waals surface area contributed by atoms with E-state index in [2.05, 4.69) is 9.97 Å². The van der Waals surface area contributed by atoms with Crippen molar-refractivity contribution in [3.63, 3.8) is 0 Å². The molecular weight excluding hydrogens is 326 g/mol. The highest BCUT2D eigenvalue weighted by Gasteiger charge is 2.28. The van der Waals surface area contributed by atoms with Crippen molar-refractivity contribution in [2.45, 2.75) is 13.8 Å². The molecule has 0 saturated carbocycles. The molecule has 8 heteroatoms. The van der Waals surface area contributed by atoms with Crippen LogP contribution >= 0.6 is 0 Å². The van der Waals surface area contributed by atoms with Crippen molar-refractivity contribution >= 4 is 22.7 Å². The molecule has 0 aliphatic rings. The predicted molar refractivity (Wildman–Crippen MR) is 90.7 cm³/mol. The van der Waals surface area contributed by atoms with Gasteiger partial charge < -0.3 is 14.5 Å². The second-order valence-electron chi connectivity index (χ2n) is 5.18. The Hall–Kier alpha value is -3.42. The van der Waals surface area contributed by atoms with E-state index in [9.17, 15) is 14.9 Å². The van der Waals surface area contributed by atoms with Gasteiger partial charge in [0.2, 0.25) is 5.75 Å². The number of nitrogens with one attached hydrogen (secondary N) is 1. The van der Waals surface area contributed by atoms with Gasteiger partial charge in [-0.05, 0) is 31.2 Å². The molecule has 0 radical (unpaired) electrons. The van der Waals surface area contributed by atoms with Crippen molar-refractivity contribution in [3.8, 4) is 22.9 Å². The van der Waals surface area contributed by atoms with Gasteiger partial charge in [-0.2, -0.15) is 0 Å². The number of imidazole rings is 1. The molecule has 3 aromatic rings. The smallest absolute Gasteiger partial charge is 0.325 e. The van der Waals surface area contributed by atoms with E-state index in [0.717, 1.165) is 5.52 Å². The van der Waals surface area contributed by atoms with E-state index in [-0.39, 0.29) is 29.4 Å². The highest BCUT2D eigenvalue weighted by atomic mass is 16.6. The number of aromatic amines is 1. The molecule has 0 aliphatic heterocycles. The largest absolute Gasteiger partial charge is 0.485 e. The van der Waals surface area contributed by atoms with Gasteiger partial charge in [-0.15, -0.1) is 0 Å². The quantitative estimate of drug-likeness (QED) is 0.329. The van der Waals surface area contributed by atoms with Crippen molar-refractivity contribution in [3.05, 3.63) is 46.5 Å². The molecule has 25 heavy (non-hydrogen) atoms. The Kier molecular flexibility index (Phi) is 4.34. The lowest BCUT2D eigenvalue weighted by molar-refractivity contribution is -0.385. The number of benzene rings is 2. The first-order valence-corrected chi connectivity index (χ1v) is 7.59. The van der Waals surface area contributed by atoms with Crippen LogP contribution in [0.15, 0.2) is 36.4 Å². The highest BCUT2D eigenvalue weighted by Crippen LogP contribution is 2.43. The third-order valence-electron chi connectivity index (χ3n) is 3.46. The van der Waals surface area contributed by atoms with Gasteiger partial charge >= 0.3 is 11.7 Å². The van der Waals surface area contributed by atoms with Crippen molar-refractivity contribution < 1.29 is 19.2 Å². The Bertz CT molecular complexity index is 931. The number of H-pyrrole nitrogens is 1. The van der Waals surface area contributed by atoms with Gasteiger partial charge in [0.05, 0.1) is 28.1 Å². The summed E-state index contributed by atoms with van der Waals surface area (Å²) >= 11 is 0. The van der Waals surface area contributed by atoms with Crippen LogP contribution in [0.5, 0.6) is 11.5 Å². The Morgan fingerprint density at radius 2 is 2.04 bits per heavy atom. The maximum Gasteiger partial charge on any atom is 0.325 e. The summed E-state index contributed by atoms with van der Waals surface area (Å²) in [5.41, 5.74) is 1.39. The number of hydrogen-bond acceptors (Lipinski definition) is 6. The SMILES string of the molecule is CCOc1c(OC(C)=O)ccc(-c2nc3ccccc3[nH]2)c1[N+](=O)[O-]. The summed E-state index contributed by atoms with van der Waals surface area (Å²) in [7, 11) is 0. The standard InChI is InChI=1S/C17H15N3O5/c1-3-24-16-14(25-10(2)21)9-8-11(15(16)20(22)23)17-18-12-6-4-5-7-13(12)19-17/h4-9H,3H2,1-2H3,(H,18,19). The number of fused-ring (bicyclic) bond motifs is 1. The number of nitro groups is 1. The number of ether oxygens (including phenoxy) is 2. The predicted octanol–water partition coefficient (Wildman–Crippen LogP) is 3.46. The third kappa shape index (κ3) is 3.14.